The molecule has 2 rings (SSSR count). The van der Waals surface area contributed by atoms with Crippen LogP contribution in [0.15, 0.2) is 12.7 Å². The Balaban J connectivity index is 1.98. The summed E-state index contributed by atoms with van der Waals surface area (Å²) in [5.74, 6) is 2.18. The number of carbonyl (C=O) groups excluding carboxylic acids is 2. The van der Waals surface area contributed by atoms with Gasteiger partial charge >= 0.3 is 0 Å². The van der Waals surface area contributed by atoms with Crippen LogP contribution < -0.4 is 5.32 Å². The monoisotopic (exact) mass is 310 g/mol. The molecule has 1 aliphatic carbocycles. The van der Waals surface area contributed by atoms with Gasteiger partial charge in [-0.15, -0.1) is 6.58 Å². The predicted molar refractivity (Wildman–Crippen MR) is 87.2 cm³/mol. The molecule has 0 spiro atoms. The molecule has 0 aromatic heterocycles. The van der Waals surface area contributed by atoms with Crippen molar-refractivity contribution in [2.24, 2.45) is 5.92 Å². The summed E-state index contributed by atoms with van der Waals surface area (Å²) >= 11 is 1.75. The van der Waals surface area contributed by atoms with E-state index in [0.717, 1.165) is 24.3 Å². The summed E-state index contributed by atoms with van der Waals surface area (Å²) in [5.41, 5.74) is 0. The molecule has 21 heavy (non-hydrogen) atoms. The van der Waals surface area contributed by atoms with Crippen molar-refractivity contribution in [1.29, 1.82) is 0 Å². The van der Waals surface area contributed by atoms with Crippen molar-refractivity contribution in [3.05, 3.63) is 12.7 Å². The fraction of sp³-hybridized carbons (Fsp3) is 0.750. The van der Waals surface area contributed by atoms with Crippen LogP contribution in [0.1, 0.15) is 39.0 Å². The first kappa shape index (κ1) is 16.4. The smallest absolute Gasteiger partial charge is 0.246 e. The van der Waals surface area contributed by atoms with Gasteiger partial charge in [0, 0.05) is 18.1 Å². The quantitative estimate of drug-likeness (QED) is 0.604. The molecule has 0 aromatic rings. The summed E-state index contributed by atoms with van der Waals surface area (Å²) in [6, 6.07) is -0.639. The van der Waals surface area contributed by atoms with Gasteiger partial charge in [0.15, 0.2) is 0 Å². The summed E-state index contributed by atoms with van der Waals surface area (Å²) < 4.78 is 0. The highest BCUT2D eigenvalue weighted by atomic mass is 32.2. The summed E-state index contributed by atoms with van der Waals surface area (Å²) in [7, 11) is 0. The fourth-order valence-electron chi connectivity index (χ4n) is 3.27. The summed E-state index contributed by atoms with van der Waals surface area (Å²) in [5, 5.41) is 2.96. The molecule has 2 fully saturated rings. The lowest BCUT2D eigenvalue weighted by atomic mass is 9.82. The normalized spacial score (nSPS) is 27.6. The maximum absolute atomic E-state index is 12.7. The Morgan fingerprint density at radius 3 is 2.71 bits per heavy atom. The molecule has 2 aliphatic rings. The standard InChI is InChI=1S/C16H26N2O2S/c1-3-10-21-11-9-18-12(2)15(19)17-14(16(18)20)13-7-5-4-6-8-13/h3,12-14H,1,4-11H2,2H3,(H,17,19). The molecule has 1 saturated heterocycles. The van der Waals surface area contributed by atoms with Crippen LogP contribution in [-0.2, 0) is 9.59 Å². The Hall–Kier alpha value is -0.970. The van der Waals surface area contributed by atoms with E-state index in [1.54, 1.807) is 16.7 Å². The maximum Gasteiger partial charge on any atom is 0.246 e. The molecule has 0 radical (unpaired) electrons. The average Bonchev–Trinajstić information content (AvgIpc) is 2.51. The van der Waals surface area contributed by atoms with E-state index in [0.29, 0.717) is 12.5 Å². The lowest BCUT2D eigenvalue weighted by Gasteiger charge is -2.41. The number of thioether (sulfide) groups is 1. The molecule has 2 amide bonds. The summed E-state index contributed by atoms with van der Waals surface area (Å²) in [6.07, 6.45) is 7.59. The minimum atomic E-state index is -0.346. The lowest BCUT2D eigenvalue weighted by molar-refractivity contribution is -0.150. The number of rotatable bonds is 6. The first-order chi connectivity index (χ1) is 10.1. The molecular formula is C16H26N2O2S. The van der Waals surface area contributed by atoms with Crippen molar-refractivity contribution in [3.63, 3.8) is 0 Å². The number of nitrogens with zero attached hydrogens (tertiary/aromatic N) is 1. The van der Waals surface area contributed by atoms with Crippen molar-refractivity contribution in [1.82, 2.24) is 10.2 Å². The molecule has 1 aliphatic heterocycles. The molecule has 4 nitrogen and oxygen atoms in total. The Morgan fingerprint density at radius 2 is 2.05 bits per heavy atom. The summed E-state index contributed by atoms with van der Waals surface area (Å²) in [6.45, 7) is 6.16. The molecule has 5 heteroatoms. The van der Waals surface area contributed by atoms with Gasteiger partial charge in [-0.3, -0.25) is 9.59 Å². The zero-order valence-corrected chi connectivity index (χ0v) is 13.7. The van der Waals surface area contributed by atoms with Gasteiger partial charge in [0.05, 0.1) is 0 Å². The third-order valence-electron chi connectivity index (χ3n) is 4.53. The predicted octanol–water partition coefficient (Wildman–Crippen LogP) is 2.20. The molecule has 1 heterocycles. The first-order valence-corrected chi connectivity index (χ1v) is 9.10. The zero-order chi connectivity index (χ0) is 15.2. The molecule has 1 saturated carbocycles. The SMILES string of the molecule is C=CCSCCN1C(=O)C(C2CCCCC2)NC(=O)C1C. The van der Waals surface area contributed by atoms with Gasteiger partial charge in [0.2, 0.25) is 11.8 Å². The number of nitrogens with one attached hydrogen (secondary N) is 1. The van der Waals surface area contributed by atoms with E-state index >= 15 is 0 Å². The second-order valence-corrected chi connectivity index (χ2v) is 7.11. The van der Waals surface area contributed by atoms with Crippen LogP contribution in [0.5, 0.6) is 0 Å². The third kappa shape index (κ3) is 4.02. The zero-order valence-electron chi connectivity index (χ0n) is 12.8. The van der Waals surface area contributed by atoms with Gasteiger partial charge in [0.25, 0.3) is 0 Å². The van der Waals surface area contributed by atoms with Crippen molar-refractivity contribution < 1.29 is 9.59 Å². The van der Waals surface area contributed by atoms with E-state index < -0.39 is 0 Å². The second kappa shape index (κ2) is 7.87. The second-order valence-electron chi connectivity index (χ2n) is 5.96. The van der Waals surface area contributed by atoms with Crippen molar-refractivity contribution in [3.8, 4) is 0 Å². The van der Waals surface area contributed by atoms with Gasteiger partial charge < -0.3 is 10.2 Å². The topological polar surface area (TPSA) is 49.4 Å². The molecular weight excluding hydrogens is 284 g/mol. The van der Waals surface area contributed by atoms with Gasteiger partial charge in [-0.2, -0.15) is 11.8 Å². The van der Waals surface area contributed by atoms with Gasteiger partial charge in [-0.1, -0.05) is 25.3 Å². The maximum atomic E-state index is 12.7. The number of hydrogen-bond acceptors (Lipinski definition) is 3. The van der Waals surface area contributed by atoms with Crippen molar-refractivity contribution >= 4 is 23.6 Å². The van der Waals surface area contributed by atoms with E-state index in [9.17, 15) is 9.59 Å². The van der Waals surface area contributed by atoms with Crippen LogP contribution in [-0.4, -0.2) is 46.8 Å². The Labute approximate surface area is 131 Å². The molecule has 0 aromatic carbocycles. The Kier molecular flexibility index (Phi) is 6.15. The molecule has 1 N–H and O–H groups in total. The summed E-state index contributed by atoms with van der Waals surface area (Å²) in [4.78, 5) is 26.7. The van der Waals surface area contributed by atoms with Gasteiger partial charge in [-0.05, 0) is 25.7 Å². The average molecular weight is 310 g/mol. The minimum Gasteiger partial charge on any atom is -0.342 e. The number of amides is 2. The largest absolute Gasteiger partial charge is 0.342 e. The van der Waals surface area contributed by atoms with Crippen molar-refractivity contribution in [2.45, 2.75) is 51.1 Å². The number of hydrogen-bond donors (Lipinski definition) is 1. The van der Waals surface area contributed by atoms with Crippen LogP contribution >= 0.6 is 11.8 Å². The van der Waals surface area contributed by atoms with Crippen LogP contribution in [0.4, 0.5) is 0 Å². The van der Waals surface area contributed by atoms with Crippen LogP contribution in [0.3, 0.4) is 0 Å². The van der Waals surface area contributed by atoms with E-state index in [1.807, 2.05) is 13.0 Å². The van der Waals surface area contributed by atoms with Crippen LogP contribution in [0.25, 0.3) is 0 Å². The molecule has 0 bridgehead atoms. The molecule has 118 valence electrons. The number of piperazine rings is 1. The first-order valence-electron chi connectivity index (χ1n) is 7.94. The fourth-order valence-corrected chi connectivity index (χ4v) is 3.93. The molecule has 2 atom stereocenters. The number of carbonyl (C=O) groups is 2. The Bertz CT molecular complexity index is 394. The van der Waals surface area contributed by atoms with E-state index in [1.165, 1.54) is 19.3 Å². The minimum absolute atomic E-state index is 0.00102. The Morgan fingerprint density at radius 1 is 1.33 bits per heavy atom. The highest BCUT2D eigenvalue weighted by Crippen LogP contribution is 2.29. The molecule has 2 unspecified atom stereocenters. The van der Waals surface area contributed by atoms with E-state index in [-0.39, 0.29) is 23.9 Å². The van der Waals surface area contributed by atoms with Crippen molar-refractivity contribution in [2.75, 3.05) is 18.1 Å². The van der Waals surface area contributed by atoms with Crippen LogP contribution in [0.2, 0.25) is 0 Å². The van der Waals surface area contributed by atoms with Crippen LogP contribution in [0, 0.1) is 5.92 Å². The van der Waals surface area contributed by atoms with Gasteiger partial charge in [-0.25, -0.2) is 0 Å². The highest BCUT2D eigenvalue weighted by molar-refractivity contribution is 7.99. The van der Waals surface area contributed by atoms with Gasteiger partial charge in [0.1, 0.15) is 12.1 Å². The lowest BCUT2D eigenvalue weighted by Crippen LogP contribution is -2.64. The van der Waals surface area contributed by atoms with E-state index in [2.05, 4.69) is 11.9 Å². The van der Waals surface area contributed by atoms with E-state index in [4.69, 9.17) is 0 Å². The highest BCUT2D eigenvalue weighted by Gasteiger charge is 2.41. The third-order valence-corrected chi connectivity index (χ3v) is 5.47.